The SMILES string of the molecule is CNC(c1ccc(OC)cc1F)c1cc(F)c(Br)cc1F. The van der Waals surface area contributed by atoms with Crippen LogP contribution in [0.25, 0.3) is 0 Å². The molecule has 0 aromatic heterocycles. The number of hydrogen-bond donors (Lipinski definition) is 1. The Hall–Kier alpha value is -1.53. The molecule has 21 heavy (non-hydrogen) atoms. The zero-order valence-corrected chi connectivity index (χ0v) is 13.0. The molecule has 1 atom stereocenters. The molecule has 2 aromatic carbocycles. The van der Waals surface area contributed by atoms with E-state index in [4.69, 9.17) is 4.74 Å². The number of methoxy groups -OCH3 is 1. The first kappa shape index (κ1) is 15.9. The summed E-state index contributed by atoms with van der Waals surface area (Å²) in [5, 5.41) is 2.80. The van der Waals surface area contributed by atoms with Gasteiger partial charge in [0.25, 0.3) is 0 Å². The first-order valence-electron chi connectivity index (χ1n) is 6.13. The molecule has 1 N–H and O–H groups in total. The third-order valence-corrected chi connectivity index (χ3v) is 3.77. The van der Waals surface area contributed by atoms with Crippen LogP contribution in [-0.2, 0) is 0 Å². The maximum Gasteiger partial charge on any atom is 0.137 e. The van der Waals surface area contributed by atoms with Gasteiger partial charge in [0.1, 0.15) is 23.2 Å². The molecule has 1 unspecified atom stereocenters. The first-order valence-corrected chi connectivity index (χ1v) is 6.92. The maximum absolute atomic E-state index is 14.1. The van der Waals surface area contributed by atoms with Crippen LogP contribution >= 0.6 is 15.9 Å². The van der Waals surface area contributed by atoms with Crippen molar-refractivity contribution in [1.29, 1.82) is 0 Å². The molecular weight excluding hydrogens is 347 g/mol. The lowest BCUT2D eigenvalue weighted by Gasteiger charge is -2.19. The van der Waals surface area contributed by atoms with Gasteiger partial charge in [-0.15, -0.1) is 0 Å². The number of benzene rings is 2. The zero-order chi connectivity index (χ0) is 15.6. The smallest absolute Gasteiger partial charge is 0.137 e. The van der Waals surface area contributed by atoms with E-state index in [9.17, 15) is 13.2 Å². The molecule has 0 saturated carbocycles. The Kier molecular flexibility index (Phi) is 4.90. The lowest BCUT2D eigenvalue weighted by Crippen LogP contribution is -2.20. The second-order valence-corrected chi connectivity index (χ2v) is 5.25. The molecule has 0 saturated heterocycles. The molecule has 0 heterocycles. The average molecular weight is 360 g/mol. The predicted octanol–water partition coefficient (Wildman–Crippen LogP) is 4.18. The number of ether oxygens (including phenoxy) is 1. The molecule has 0 spiro atoms. The van der Waals surface area contributed by atoms with Crippen molar-refractivity contribution < 1.29 is 17.9 Å². The first-order chi connectivity index (χ1) is 9.97. The van der Waals surface area contributed by atoms with E-state index in [0.717, 1.165) is 12.1 Å². The van der Waals surface area contributed by atoms with Gasteiger partial charge >= 0.3 is 0 Å². The van der Waals surface area contributed by atoms with Gasteiger partial charge in [-0.1, -0.05) is 6.07 Å². The van der Waals surface area contributed by atoms with Crippen LogP contribution < -0.4 is 10.1 Å². The molecule has 0 aliphatic carbocycles. The Labute approximate surface area is 129 Å². The van der Waals surface area contributed by atoms with Gasteiger partial charge in [-0.05, 0) is 41.2 Å². The Morgan fingerprint density at radius 1 is 1.00 bits per heavy atom. The lowest BCUT2D eigenvalue weighted by atomic mass is 9.97. The van der Waals surface area contributed by atoms with Crippen molar-refractivity contribution >= 4 is 15.9 Å². The third-order valence-electron chi connectivity index (χ3n) is 3.16. The zero-order valence-electron chi connectivity index (χ0n) is 11.4. The van der Waals surface area contributed by atoms with Gasteiger partial charge in [0.2, 0.25) is 0 Å². The molecule has 6 heteroatoms. The molecule has 2 aromatic rings. The van der Waals surface area contributed by atoms with E-state index in [0.29, 0.717) is 5.75 Å². The summed E-state index contributed by atoms with van der Waals surface area (Å²) in [4.78, 5) is 0. The third kappa shape index (κ3) is 3.22. The topological polar surface area (TPSA) is 21.3 Å². The highest BCUT2D eigenvalue weighted by Gasteiger charge is 2.21. The van der Waals surface area contributed by atoms with Crippen LogP contribution in [0.4, 0.5) is 13.2 Å². The number of hydrogen-bond acceptors (Lipinski definition) is 2. The van der Waals surface area contributed by atoms with Crippen LogP contribution in [0.1, 0.15) is 17.2 Å². The summed E-state index contributed by atoms with van der Waals surface area (Å²) in [6, 6.07) is 5.51. The number of nitrogens with one attached hydrogen (secondary N) is 1. The summed E-state index contributed by atoms with van der Waals surface area (Å²) >= 11 is 2.91. The van der Waals surface area contributed by atoms with E-state index in [1.165, 1.54) is 19.2 Å². The summed E-state index contributed by atoms with van der Waals surface area (Å²) in [6.07, 6.45) is 0. The fourth-order valence-corrected chi connectivity index (χ4v) is 2.42. The minimum atomic E-state index is -0.807. The molecule has 0 aliphatic rings. The van der Waals surface area contributed by atoms with Gasteiger partial charge in [-0.25, -0.2) is 13.2 Å². The van der Waals surface area contributed by atoms with E-state index in [-0.39, 0.29) is 15.6 Å². The quantitative estimate of drug-likeness (QED) is 0.826. The van der Waals surface area contributed by atoms with Crippen LogP contribution in [0, 0.1) is 17.5 Å². The summed E-state index contributed by atoms with van der Waals surface area (Å²) in [7, 11) is 2.97. The highest BCUT2D eigenvalue weighted by atomic mass is 79.9. The molecule has 112 valence electrons. The molecule has 0 bridgehead atoms. The minimum absolute atomic E-state index is 0.0220. The normalized spacial score (nSPS) is 12.3. The summed E-state index contributed by atoms with van der Waals surface area (Å²) < 4.78 is 46.8. The van der Waals surface area contributed by atoms with Gasteiger partial charge in [-0.2, -0.15) is 0 Å². The van der Waals surface area contributed by atoms with Crippen molar-refractivity contribution in [2.75, 3.05) is 14.2 Å². The predicted molar refractivity (Wildman–Crippen MR) is 77.9 cm³/mol. The highest BCUT2D eigenvalue weighted by Crippen LogP contribution is 2.30. The number of halogens is 4. The molecule has 2 rings (SSSR count). The van der Waals surface area contributed by atoms with Crippen molar-refractivity contribution in [3.63, 3.8) is 0 Å². The summed E-state index contributed by atoms with van der Waals surface area (Å²) in [5.74, 6) is -1.44. The summed E-state index contributed by atoms with van der Waals surface area (Å²) in [6.45, 7) is 0. The second kappa shape index (κ2) is 6.49. The lowest BCUT2D eigenvalue weighted by molar-refractivity contribution is 0.410. The monoisotopic (exact) mass is 359 g/mol. The highest BCUT2D eigenvalue weighted by molar-refractivity contribution is 9.10. The Bertz CT molecular complexity index is 664. The van der Waals surface area contributed by atoms with Crippen LogP contribution in [0.15, 0.2) is 34.8 Å². The van der Waals surface area contributed by atoms with E-state index < -0.39 is 23.5 Å². The Morgan fingerprint density at radius 2 is 1.67 bits per heavy atom. The molecule has 2 nitrogen and oxygen atoms in total. The van der Waals surface area contributed by atoms with Crippen LogP contribution in [0.3, 0.4) is 0 Å². The van der Waals surface area contributed by atoms with Crippen molar-refractivity contribution in [2.45, 2.75) is 6.04 Å². The minimum Gasteiger partial charge on any atom is -0.497 e. The van der Waals surface area contributed by atoms with Crippen LogP contribution in [-0.4, -0.2) is 14.2 Å². The van der Waals surface area contributed by atoms with E-state index in [1.807, 2.05) is 0 Å². The van der Waals surface area contributed by atoms with E-state index in [1.54, 1.807) is 13.1 Å². The largest absolute Gasteiger partial charge is 0.497 e. The molecular formula is C15H13BrF3NO. The van der Waals surface area contributed by atoms with Crippen molar-refractivity contribution in [3.8, 4) is 5.75 Å². The standard InChI is InChI=1S/C15H13BrF3NO/c1-20-15(9-4-3-8(21-2)5-12(9)17)10-6-14(19)11(16)7-13(10)18/h3-7,15,20H,1-2H3. The van der Waals surface area contributed by atoms with Crippen LogP contribution in [0.2, 0.25) is 0 Å². The molecule has 0 amide bonds. The van der Waals surface area contributed by atoms with Crippen molar-refractivity contribution in [2.24, 2.45) is 0 Å². The van der Waals surface area contributed by atoms with Crippen molar-refractivity contribution in [3.05, 3.63) is 63.4 Å². The van der Waals surface area contributed by atoms with Crippen molar-refractivity contribution in [1.82, 2.24) is 5.32 Å². The van der Waals surface area contributed by atoms with Gasteiger partial charge in [0.05, 0.1) is 17.6 Å². The van der Waals surface area contributed by atoms with E-state index >= 15 is 0 Å². The van der Waals surface area contributed by atoms with Gasteiger partial charge in [0, 0.05) is 17.2 Å². The van der Waals surface area contributed by atoms with Gasteiger partial charge in [0.15, 0.2) is 0 Å². The Balaban J connectivity index is 2.52. The van der Waals surface area contributed by atoms with E-state index in [2.05, 4.69) is 21.2 Å². The maximum atomic E-state index is 14.1. The molecule has 0 radical (unpaired) electrons. The van der Waals surface area contributed by atoms with Crippen LogP contribution in [0.5, 0.6) is 5.75 Å². The second-order valence-electron chi connectivity index (χ2n) is 4.40. The molecule has 0 fully saturated rings. The summed E-state index contributed by atoms with van der Waals surface area (Å²) in [5.41, 5.74) is 0.237. The fourth-order valence-electron chi connectivity index (χ4n) is 2.11. The fraction of sp³-hybridized carbons (Fsp3) is 0.200. The average Bonchev–Trinajstić information content (AvgIpc) is 2.46. The number of rotatable bonds is 4. The molecule has 0 aliphatic heterocycles. The van der Waals surface area contributed by atoms with Gasteiger partial charge in [-0.3, -0.25) is 0 Å². The van der Waals surface area contributed by atoms with Gasteiger partial charge < -0.3 is 10.1 Å². The Morgan fingerprint density at radius 3 is 2.24 bits per heavy atom.